The van der Waals surface area contributed by atoms with Crippen molar-refractivity contribution in [1.82, 2.24) is 19.1 Å². The van der Waals surface area contributed by atoms with Gasteiger partial charge in [0.1, 0.15) is 33.2 Å². The van der Waals surface area contributed by atoms with Gasteiger partial charge in [-0.05, 0) is 165 Å². The molecule has 0 fully saturated rings. The first-order valence-electron chi connectivity index (χ1n) is 32.6. The zero-order valence-electron chi connectivity index (χ0n) is 57.1. The van der Waals surface area contributed by atoms with Crippen molar-refractivity contribution in [3.05, 3.63) is 301 Å². The van der Waals surface area contributed by atoms with Gasteiger partial charge in [0.2, 0.25) is 22.8 Å². The Bertz CT molecular complexity index is 5410. The summed E-state index contributed by atoms with van der Waals surface area (Å²) in [7, 11) is 11.7. The standard InChI is InChI=1S/C23H22FN2.C22H20FN2.2C20H16FN2S/c1-15-8-5-6-9-18(15)23-21(24)13-17(14-25(23)3)19-10-7-11-22-20(19)12-16(2)26(22)4;1-15-7-4-5-8-17(15)22-20(23)13-16(14-25(22)3)18-9-6-10-21-19(18)11-12-24(21)2;1-13-7-3-4-8-15(13)19-16(21)11-14(12-23(19)2)20-22-17-9-5-6-10-18(17)24-20;1-13-5-3-4-6-16(13)20-17(21)9-15(12-23(20)2)19-10-14-11-22-8-7-18(14)24-19/h5-14H,1-4H3;4-14H,1-3H3;2*3-12H,1-2H3/q4*+1. The molecule has 16 aromatic rings. The van der Waals surface area contributed by atoms with Gasteiger partial charge in [-0.25, -0.2) is 4.98 Å². The van der Waals surface area contributed by atoms with Gasteiger partial charge in [0.05, 0.1) is 43.6 Å². The molecule has 0 aliphatic carbocycles. The number of hydrogen-bond acceptors (Lipinski definition) is 4. The Morgan fingerprint density at radius 3 is 1.29 bits per heavy atom. The number of para-hydroxylation sites is 1. The molecule has 8 nitrogen and oxygen atoms in total. The SMILES string of the molecule is Cc1ccccc1-c1c(F)cc(-c2cc3cnccc3s2)c[n+]1C.Cc1ccccc1-c1c(F)cc(-c2cccc3c2cc(C)n3C)c[n+]1C.Cc1ccccc1-c1c(F)cc(-c2cccc3c2ccn3C)c[n+]1C.Cc1ccccc1-c1c(F)cc(-c2nc3ccccc3s2)c[n+]1C. The quantitative estimate of drug-likeness (QED) is 0.112. The molecular formula is C85H74F4N8S2+4. The van der Waals surface area contributed by atoms with Crippen LogP contribution in [0.1, 0.15) is 27.9 Å². The summed E-state index contributed by atoms with van der Waals surface area (Å²) in [5.41, 5.74) is 20.3. The van der Waals surface area contributed by atoms with Gasteiger partial charge in [-0.3, -0.25) is 4.98 Å². The molecule has 0 atom stereocenters. The number of thiophene rings is 1. The third-order valence-electron chi connectivity index (χ3n) is 18.4. The molecule has 9 heterocycles. The van der Waals surface area contributed by atoms with Gasteiger partial charge in [-0.15, -0.1) is 22.7 Å². The van der Waals surface area contributed by atoms with Crippen LogP contribution in [0.3, 0.4) is 0 Å². The van der Waals surface area contributed by atoms with Gasteiger partial charge >= 0.3 is 0 Å². The number of hydrogen-bond donors (Lipinski definition) is 0. The summed E-state index contributed by atoms with van der Waals surface area (Å²) in [6, 6.07) is 66.6. The van der Waals surface area contributed by atoms with E-state index in [0.29, 0.717) is 22.8 Å². The van der Waals surface area contributed by atoms with Crippen molar-refractivity contribution in [2.45, 2.75) is 34.6 Å². The largest absolute Gasteiger partial charge is 0.351 e. The van der Waals surface area contributed by atoms with Gasteiger partial charge in [0.25, 0.3) is 0 Å². The summed E-state index contributed by atoms with van der Waals surface area (Å²) in [6.07, 6.45) is 13.6. The normalized spacial score (nSPS) is 11.2. The fourth-order valence-corrected chi connectivity index (χ4v) is 15.2. The average molecular weight is 1350 g/mol. The van der Waals surface area contributed by atoms with E-state index in [1.807, 2.05) is 264 Å². The predicted molar refractivity (Wildman–Crippen MR) is 397 cm³/mol. The highest BCUT2D eigenvalue weighted by Gasteiger charge is 2.26. The van der Waals surface area contributed by atoms with Crippen molar-refractivity contribution >= 4 is 64.8 Å². The summed E-state index contributed by atoms with van der Waals surface area (Å²) >= 11 is 3.23. The van der Waals surface area contributed by atoms with E-state index < -0.39 is 0 Å². The third-order valence-corrected chi connectivity index (χ3v) is 20.6. The number of pyridine rings is 5. The second-order valence-corrected chi connectivity index (χ2v) is 27.3. The molecule has 0 N–H and O–H groups in total. The lowest BCUT2D eigenvalue weighted by atomic mass is 10.00. The fourth-order valence-electron chi connectivity index (χ4n) is 13.2. The Labute approximate surface area is 582 Å². The summed E-state index contributed by atoms with van der Waals surface area (Å²) in [5.74, 6) is -0.852. The molecule has 0 saturated heterocycles. The number of aromatic nitrogens is 8. The summed E-state index contributed by atoms with van der Waals surface area (Å²) in [4.78, 5) is 9.81. The van der Waals surface area contributed by atoms with Crippen LogP contribution in [0.25, 0.3) is 130 Å². The monoisotopic (exact) mass is 1350 g/mol. The Hall–Kier alpha value is -11.1. The molecule has 0 aliphatic heterocycles. The predicted octanol–water partition coefficient (Wildman–Crippen LogP) is 19.7. The highest BCUT2D eigenvalue weighted by atomic mass is 32.1. The molecule has 0 spiro atoms. The zero-order valence-corrected chi connectivity index (χ0v) is 58.7. The molecule has 0 aliphatic rings. The lowest BCUT2D eigenvalue weighted by molar-refractivity contribution is -0.661. The number of benzene rings is 7. The first kappa shape index (κ1) is 66.5. The van der Waals surface area contributed by atoms with E-state index in [-0.39, 0.29) is 23.3 Å². The van der Waals surface area contributed by atoms with Crippen LogP contribution in [0.2, 0.25) is 0 Å². The van der Waals surface area contributed by atoms with Gasteiger partial charge in [-0.1, -0.05) is 109 Å². The van der Waals surface area contributed by atoms with Crippen LogP contribution in [0, 0.1) is 57.9 Å². The number of halogens is 4. The maximum atomic E-state index is 15.1. The summed E-state index contributed by atoms with van der Waals surface area (Å²) in [5, 5.41) is 4.20. The molecule has 0 bridgehead atoms. The minimum absolute atomic E-state index is 0.205. The van der Waals surface area contributed by atoms with Crippen molar-refractivity contribution in [3.63, 3.8) is 0 Å². The second-order valence-electron chi connectivity index (χ2n) is 25.2. The topological polar surface area (TPSA) is 51.2 Å². The maximum Gasteiger partial charge on any atom is 0.248 e. The highest BCUT2D eigenvalue weighted by Crippen LogP contribution is 2.38. The molecule has 0 amide bonds. The van der Waals surface area contributed by atoms with Gasteiger partial charge in [0.15, 0.2) is 48.1 Å². The molecule has 0 radical (unpaired) electrons. The highest BCUT2D eigenvalue weighted by molar-refractivity contribution is 7.22. The van der Waals surface area contributed by atoms with Crippen LogP contribution in [0.15, 0.2) is 250 Å². The van der Waals surface area contributed by atoms with E-state index >= 15 is 8.78 Å². The molecule has 490 valence electrons. The second kappa shape index (κ2) is 28.2. The minimum atomic E-state index is -0.233. The molecule has 9 aromatic heterocycles. The molecule has 99 heavy (non-hydrogen) atoms. The van der Waals surface area contributed by atoms with Crippen molar-refractivity contribution in [3.8, 4) is 88.3 Å². The summed E-state index contributed by atoms with van der Waals surface area (Å²) in [6.45, 7) is 10.1. The van der Waals surface area contributed by atoms with E-state index in [0.717, 1.165) is 130 Å². The smallest absolute Gasteiger partial charge is 0.248 e. The molecule has 0 saturated carbocycles. The Morgan fingerprint density at radius 1 is 0.384 bits per heavy atom. The van der Waals surface area contributed by atoms with Crippen molar-refractivity contribution in [2.75, 3.05) is 0 Å². The molecule has 14 heteroatoms. The molecule has 7 aromatic carbocycles. The van der Waals surface area contributed by atoms with Gasteiger partial charge < -0.3 is 9.13 Å². The Morgan fingerprint density at radius 2 is 0.808 bits per heavy atom. The lowest BCUT2D eigenvalue weighted by Gasteiger charge is -2.09. The number of thiazole rings is 1. The van der Waals surface area contributed by atoms with Crippen LogP contribution in [-0.4, -0.2) is 19.1 Å². The number of aryl methyl sites for hydroxylation is 11. The number of fused-ring (bicyclic) bond motifs is 4. The minimum Gasteiger partial charge on any atom is -0.351 e. The number of nitrogens with zero attached hydrogens (tertiary/aromatic N) is 8. The van der Waals surface area contributed by atoms with Crippen molar-refractivity contribution < 1.29 is 35.8 Å². The molecule has 0 unspecified atom stereocenters. The van der Waals surface area contributed by atoms with E-state index in [9.17, 15) is 8.78 Å². The van der Waals surface area contributed by atoms with Crippen molar-refractivity contribution in [1.29, 1.82) is 0 Å². The van der Waals surface area contributed by atoms with Crippen LogP contribution in [-0.2, 0) is 42.3 Å². The van der Waals surface area contributed by atoms with Gasteiger partial charge in [-0.2, -0.15) is 35.8 Å². The zero-order chi connectivity index (χ0) is 69.3. The maximum absolute atomic E-state index is 15.1. The van der Waals surface area contributed by atoms with E-state index in [2.05, 4.69) is 69.5 Å². The first-order chi connectivity index (χ1) is 47.8. The van der Waals surface area contributed by atoms with Crippen molar-refractivity contribution in [2.24, 2.45) is 42.3 Å². The molecule has 16 rings (SSSR count). The van der Waals surface area contributed by atoms with E-state index in [4.69, 9.17) is 0 Å². The fraction of sp³-hybridized carbons (Fsp3) is 0.129. The third kappa shape index (κ3) is 13.5. The Balaban J connectivity index is 0.000000119. The van der Waals surface area contributed by atoms with E-state index in [1.165, 1.54) is 5.69 Å². The summed E-state index contributed by atoms with van der Waals surface area (Å²) < 4.78 is 73.9. The average Bonchev–Trinajstić information content (AvgIpc) is 1.72. The molecular weight excluding hydrogens is 1270 g/mol. The van der Waals surface area contributed by atoms with Crippen LogP contribution < -0.4 is 18.3 Å². The number of rotatable bonds is 8. The van der Waals surface area contributed by atoms with Crippen LogP contribution in [0.5, 0.6) is 0 Å². The first-order valence-corrected chi connectivity index (χ1v) is 34.2. The Kier molecular flexibility index (Phi) is 18.9. The van der Waals surface area contributed by atoms with Crippen LogP contribution in [0.4, 0.5) is 17.6 Å². The van der Waals surface area contributed by atoms with E-state index in [1.54, 1.807) is 53.1 Å². The van der Waals surface area contributed by atoms with Crippen LogP contribution >= 0.6 is 22.7 Å². The van der Waals surface area contributed by atoms with Gasteiger partial charge in [0, 0.05) is 86.3 Å². The lowest BCUT2D eigenvalue weighted by Crippen LogP contribution is -2.32.